The Morgan fingerprint density at radius 2 is 1.54 bits per heavy atom. The molecule has 0 radical (unpaired) electrons. The molecule has 1 saturated carbocycles. The highest BCUT2D eigenvalue weighted by molar-refractivity contribution is 6.13. The van der Waals surface area contributed by atoms with Crippen molar-refractivity contribution in [2.45, 2.75) is 44.9 Å². The molecule has 2 heteroatoms. The molecule has 0 atom stereocenters. The zero-order chi connectivity index (χ0) is 25.9. The van der Waals surface area contributed by atoms with Gasteiger partial charge >= 0.3 is 0 Å². The predicted octanol–water partition coefficient (Wildman–Crippen LogP) is 9.25. The van der Waals surface area contributed by atoms with Crippen molar-refractivity contribution in [2.24, 2.45) is 7.05 Å². The van der Waals surface area contributed by atoms with Gasteiger partial charge in [-0.05, 0) is 70.8 Å². The Morgan fingerprint density at radius 1 is 0.784 bits per heavy atom. The second-order valence-electron chi connectivity index (χ2n) is 10.6. The van der Waals surface area contributed by atoms with Crippen LogP contribution in [0.5, 0.6) is 0 Å². The molecule has 0 spiro atoms. The van der Waals surface area contributed by atoms with Crippen molar-refractivity contribution in [3.63, 3.8) is 0 Å². The first-order valence-corrected chi connectivity index (χ1v) is 13.5. The number of pyridine rings is 1. The van der Waals surface area contributed by atoms with Gasteiger partial charge in [-0.2, -0.15) is 0 Å². The molecule has 0 amide bonds. The smallest absolute Gasteiger partial charge is 0.216 e. The molecule has 0 unspecified atom stereocenters. The van der Waals surface area contributed by atoms with Gasteiger partial charge in [-0.3, -0.25) is 0 Å². The highest BCUT2D eigenvalue weighted by atomic mass is 16.3. The molecule has 2 aromatic heterocycles. The molecule has 6 aromatic rings. The largest absolute Gasteiger partial charge is 0.455 e. The van der Waals surface area contributed by atoms with Crippen LogP contribution in [0.15, 0.2) is 95.5 Å². The number of nitrogens with zero attached hydrogens (tertiary/aromatic N) is 1. The predicted molar refractivity (Wildman–Crippen MR) is 154 cm³/mol. The number of aryl methyl sites for hydroxylation is 2. The summed E-state index contributed by atoms with van der Waals surface area (Å²) in [6, 6.07) is 30.5. The maximum absolute atomic E-state index is 8.99. The van der Waals surface area contributed by atoms with E-state index in [1.807, 2.05) is 0 Å². The van der Waals surface area contributed by atoms with Gasteiger partial charge in [-0.25, -0.2) is 4.57 Å². The zero-order valence-electron chi connectivity index (χ0n) is 22.6. The second-order valence-corrected chi connectivity index (χ2v) is 10.6. The van der Waals surface area contributed by atoms with Crippen LogP contribution in [0.2, 0.25) is 0 Å². The third-order valence-corrected chi connectivity index (χ3v) is 8.21. The number of aromatic nitrogens is 1. The lowest BCUT2D eigenvalue weighted by atomic mass is 9.83. The Bertz CT molecular complexity index is 1820. The lowest BCUT2D eigenvalue weighted by Gasteiger charge is -2.22. The van der Waals surface area contributed by atoms with Crippen LogP contribution in [0.3, 0.4) is 0 Å². The van der Waals surface area contributed by atoms with E-state index in [9.17, 15) is 0 Å². The van der Waals surface area contributed by atoms with Crippen molar-refractivity contribution in [3.8, 4) is 22.4 Å². The summed E-state index contributed by atoms with van der Waals surface area (Å²) in [5.74, 6) is -0.427. The van der Waals surface area contributed by atoms with Crippen molar-refractivity contribution >= 4 is 32.7 Å². The van der Waals surface area contributed by atoms with E-state index in [1.54, 1.807) is 0 Å². The third kappa shape index (κ3) is 3.83. The van der Waals surface area contributed by atoms with E-state index in [-0.39, 0.29) is 0 Å². The lowest BCUT2D eigenvalue weighted by molar-refractivity contribution is -0.660. The van der Waals surface area contributed by atoms with Gasteiger partial charge in [0.1, 0.15) is 18.2 Å². The molecule has 4 aromatic carbocycles. The van der Waals surface area contributed by atoms with Crippen LogP contribution in [-0.4, -0.2) is 0 Å². The number of hydrogen-bond acceptors (Lipinski definition) is 1. The molecule has 2 nitrogen and oxygen atoms in total. The molecular weight excluding hydrogens is 450 g/mol. The normalized spacial score (nSPS) is 15.9. The molecule has 0 bridgehead atoms. The van der Waals surface area contributed by atoms with E-state index < -0.39 is 5.89 Å². The molecule has 7 rings (SSSR count). The van der Waals surface area contributed by atoms with Crippen LogP contribution in [0.1, 0.15) is 50.5 Å². The third-order valence-electron chi connectivity index (χ3n) is 8.21. The fourth-order valence-electron chi connectivity index (χ4n) is 6.11. The van der Waals surface area contributed by atoms with Gasteiger partial charge in [0.05, 0.1) is 5.56 Å². The van der Waals surface area contributed by atoms with Crippen LogP contribution in [0, 0.1) is 6.92 Å². The van der Waals surface area contributed by atoms with Gasteiger partial charge < -0.3 is 4.42 Å². The van der Waals surface area contributed by atoms with Gasteiger partial charge in [-0.1, -0.05) is 79.9 Å². The molecule has 0 aliphatic heterocycles. The summed E-state index contributed by atoms with van der Waals surface area (Å²) in [6.07, 6.45) is 7.65. The van der Waals surface area contributed by atoms with Crippen molar-refractivity contribution in [3.05, 3.63) is 102 Å². The molecular formula is C35H32NO+. The number of furan rings is 1. The monoisotopic (exact) mass is 483 g/mol. The summed E-state index contributed by atoms with van der Waals surface area (Å²) >= 11 is 0. The molecule has 37 heavy (non-hydrogen) atoms. The van der Waals surface area contributed by atoms with Crippen molar-refractivity contribution in [1.29, 1.82) is 0 Å². The Balaban J connectivity index is 1.35. The number of rotatable bonds is 3. The minimum atomic E-state index is -0.427. The number of fused-ring (bicyclic) bond motifs is 4. The minimum Gasteiger partial charge on any atom is -0.455 e. The van der Waals surface area contributed by atoms with Crippen LogP contribution >= 0.6 is 0 Å². The Labute approximate surface area is 219 Å². The van der Waals surface area contributed by atoms with E-state index in [0.29, 0.717) is 0 Å². The molecule has 1 aliphatic rings. The summed E-state index contributed by atoms with van der Waals surface area (Å²) in [4.78, 5) is 0. The van der Waals surface area contributed by atoms with Gasteiger partial charge in [-0.15, -0.1) is 0 Å². The quantitative estimate of drug-likeness (QED) is 0.229. The first kappa shape index (κ1) is 21.2. The first-order valence-electron chi connectivity index (χ1n) is 14.0. The van der Waals surface area contributed by atoms with E-state index in [2.05, 4.69) is 110 Å². The SMILES string of the molecule is [2H]C1(c2ccc(-c3cc[n+](C)c(-c4c(C)ccc5c4oc4cc6ccccc6cc45)c3)cc2)CCCCC1. The van der Waals surface area contributed by atoms with Crippen molar-refractivity contribution in [1.82, 2.24) is 0 Å². The second kappa shape index (κ2) is 8.88. The number of benzene rings is 4. The van der Waals surface area contributed by atoms with Gasteiger partial charge in [0.25, 0.3) is 0 Å². The lowest BCUT2D eigenvalue weighted by Crippen LogP contribution is -2.30. The summed E-state index contributed by atoms with van der Waals surface area (Å²) in [5, 5.41) is 4.72. The molecule has 0 N–H and O–H groups in total. The molecule has 1 aliphatic carbocycles. The van der Waals surface area contributed by atoms with E-state index in [0.717, 1.165) is 64.4 Å². The Morgan fingerprint density at radius 3 is 2.32 bits per heavy atom. The average Bonchev–Trinajstić information content (AvgIpc) is 3.30. The minimum absolute atomic E-state index is 0.427. The van der Waals surface area contributed by atoms with Crippen molar-refractivity contribution in [2.75, 3.05) is 0 Å². The first-order chi connectivity index (χ1) is 18.5. The standard InChI is InChI=1S/C35H32NO/c1-23-12-17-30-31-20-27-10-6-7-11-28(27)22-33(31)37-35(30)34(23)32-21-29(18-19-36(32)2)26-15-13-25(14-16-26)24-8-4-3-5-9-24/h6-7,10-22,24H,3-5,8-9H2,1-2H3/q+1/i24D. The highest BCUT2D eigenvalue weighted by Crippen LogP contribution is 2.39. The highest BCUT2D eigenvalue weighted by Gasteiger charge is 2.22. The zero-order valence-corrected chi connectivity index (χ0v) is 21.6. The van der Waals surface area contributed by atoms with E-state index >= 15 is 0 Å². The van der Waals surface area contributed by atoms with Crippen LogP contribution < -0.4 is 4.57 Å². The summed E-state index contributed by atoms with van der Waals surface area (Å²) in [7, 11) is 2.10. The van der Waals surface area contributed by atoms with Gasteiger partial charge in [0.15, 0.2) is 6.20 Å². The van der Waals surface area contributed by atoms with Crippen LogP contribution in [0.4, 0.5) is 0 Å². The van der Waals surface area contributed by atoms with Crippen molar-refractivity contribution < 1.29 is 10.4 Å². The summed E-state index contributed by atoms with van der Waals surface area (Å²) < 4.78 is 17.8. The molecule has 182 valence electrons. The van der Waals surface area contributed by atoms with Gasteiger partial charge in [0, 0.05) is 24.3 Å². The number of hydrogen-bond donors (Lipinski definition) is 0. The maximum atomic E-state index is 8.99. The van der Waals surface area contributed by atoms with Crippen LogP contribution in [0.25, 0.3) is 55.1 Å². The van der Waals surface area contributed by atoms with Gasteiger partial charge in [0.2, 0.25) is 5.69 Å². The summed E-state index contributed by atoms with van der Waals surface area (Å²) in [6.45, 7) is 2.16. The molecule has 2 heterocycles. The fourth-order valence-corrected chi connectivity index (χ4v) is 6.11. The Hall–Kier alpha value is -3.91. The summed E-state index contributed by atoms with van der Waals surface area (Å²) in [5.41, 5.74) is 8.81. The topological polar surface area (TPSA) is 17.0 Å². The van der Waals surface area contributed by atoms with E-state index in [1.165, 1.54) is 33.9 Å². The molecule has 1 fully saturated rings. The fraction of sp³-hybridized carbons (Fsp3) is 0.229. The average molecular weight is 484 g/mol. The molecule has 0 saturated heterocycles. The Kier molecular flexibility index (Phi) is 5.09. The maximum Gasteiger partial charge on any atom is 0.216 e. The van der Waals surface area contributed by atoms with E-state index in [4.69, 9.17) is 5.79 Å². The van der Waals surface area contributed by atoms with Crippen LogP contribution in [-0.2, 0) is 7.05 Å².